The van der Waals surface area contributed by atoms with Gasteiger partial charge in [-0.2, -0.15) is 0 Å². The summed E-state index contributed by atoms with van der Waals surface area (Å²) in [6, 6.07) is 0. The molecule has 0 aromatic rings. The molecule has 2 saturated heterocycles. The number of hydrogen-bond donors (Lipinski definition) is 0. The third-order valence-corrected chi connectivity index (χ3v) is 3.62. The Bertz CT molecular complexity index is 216. The van der Waals surface area contributed by atoms with Gasteiger partial charge in [-0.05, 0) is 0 Å². The maximum atomic E-state index is 11.1. The number of carbonyl (C=O) groups is 2. The molecule has 0 spiro atoms. The van der Waals surface area contributed by atoms with Gasteiger partial charge in [-0.25, -0.2) is 0 Å². The predicted octanol–water partition coefficient (Wildman–Crippen LogP) is 0.351. The maximum Gasteiger partial charge on any atom is 0.319 e. The van der Waals surface area contributed by atoms with Crippen LogP contribution < -0.4 is 0 Å². The number of carbonyl (C=O) groups excluding carboxylic acids is 2. The SMILES string of the molecule is O=C1OCCC1SC1CCOC1=O. The standard InChI is InChI=1S/C8H10O4S/c9-7-5(1-3-11-7)13-6-2-4-12-8(6)10/h5-6H,1-4H2. The van der Waals surface area contributed by atoms with Gasteiger partial charge in [0.1, 0.15) is 10.5 Å². The average Bonchev–Trinajstić information content (AvgIpc) is 2.65. The average molecular weight is 202 g/mol. The van der Waals surface area contributed by atoms with Gasteiger partial charge >= 0.3 is 11.9 Å². The molecule has 0 amide bonds. The molecule has 13 heavy (non-hydrogen) atoms. The highest BCUT2D eigenvalue weighted by Gasteiger charge is 2.35. The lowest BCUT2D eigenvalue weighted by Gasteiger charge is -2.07. The smallest absolute Gasteiger partial charge is 0.319 e. The lowest BCUT2D eigenvalue weighted by Crippen LogP contribution is -2.18. The first-order valence-corrected chi connectivity index (χ1v) is 5.20. The van der Waals surface area contributed by atoms with Crippen LogP contribution in [0.4, 0.5) is 0 Å². The molecule has 2 atom stereocenters. The zero-order valence-corrected chi connectivity index (χ0v) is 7.84. The van der Waals surface area contributed by atoms with Crippen LogP contribution in [0, 0.1) is 0 Å². The fourth-order valence-corrected chi connectivity index (χ4v) is 2.62. The molecule has 4 nitrogen and oxygen atoms in total. The van der Waals surface area contributed by atoms with Gasteiger partial charge in [0, 0.05) is 12.8 Å². The van der Waals surface area contributed by atoms with Gasteiger partial charge in [-0.1, -0.05) is 0 Å². The fourth-order valence-electron chi connectivity index (χ4n) is 1.40. The van der Waals surface area contributed by atoms with Crippen LogP contribution in [0.15, 0.2) is 0 Å². The van der Waals surface area contributed by atoms with Crippen LogP contribution in [-0.4, -0.2) is 35.7 Å². The molecular weight excluding hydrogens is 192 g/mol. The molecule has 2 aliphatic heterocycles. The summed E-state index contributed by atoms with van der Waals surface area (Å²) < 4.78 is 9.60. The van der Waals surface area contributed by atoms with E-state index in [0.717, 1.165) is 0 Å². The second kappa shape index (κ2) is 3.57. The number of rotatable bonds is 2. The Kier molecular flexibility index (Phi) is 2.44. The van der Waals surface area contributed by atoms with E-state index in [1.54, 1.807) is 0 Å². The topological polar surface area (TPSA) is 52.6 Å². The summed E-state index contributed by atoms with van der Waals surface area (Å²) in [5.74, 6) is -0.380. The highest BCUT2D eigenvalue weighted by Crippen LogP contribution is 2.30. The Morgan fingerprint density at radius 2 is 1.46 bits per heavy atom. The Morgan fingerprint density at radius 3 is 1.77 bits per heavy atom. The van der Waals surface area contributed by atoms with E-state index in [-0.39, 0.29) is 22.4 Å². The van der Waals surface area contributed by atoms with Gasteiger partial charge in [0.05, 0.1) is 13.2 Å². The van der Waals surface area contributed by atoms with Gasteiger partial charge in [0.25, 0.3) is 0 Å². The fraction of sp³-hybridized carbons (Fsp3) is 0.750. The van der Waals surface area contributed by atoms with Crippen molar-refractivity contribution in [2.75, 3.05) is 13.2 Å². The van der Waals surface area contributed by atoms with E-state index in [0.29, 0.717) is 26.1 Å². The first-order chi connectivity index (χ1) is 6.27. The molecule has 2 unspecified atom stereocenters. The minimum absolute atomic E-state index is 0.157. The minimum atomic E-state index is -0.190. The highest BCUT2D eigenvalue weighted by molar-refractivity contribution is 8.01. The van der Waals surface area contributed by atoms with Gasteiger partial charge < -0.3 is 9.47 Å². The number of thioether (sulfide) groups is 1. The Hall–Kier alpha value is -0.710. The van der Waals surface area contributed by atoms with Crippen LogP contribution in [0.3, 0.4) is 0 Å². The summed E-state index contributed by atoms with van der Waals surface area (Å²) in [6.07, 6.45) is 1.43. The second-order valence-corrected chi connectivity index (χ2v) is 4.44. The summed E-state index contributed by atoms with van der Waals surface area (Å²) in [7, 11) is 0. The van der Waals surface area contributed by atoms with Crippen LogP contribution in [0.25, 0.3) is 0 Å². The molecule has 0 radical (unpaired) electrons. The Labute approximate surface area is 80.0 Å². The monoisotopic (exact) mass is 202 g/mol. The summed E-state index contributed by atoms with van der Waals surface area (Å²) >= 11 is 1.38. The second-order valence-electron chi connectivity index (χ2n) is 3.03. The number of cyclic esters (lactones) is 2. The lowest BCUT2D eigenvalue weighted by atomic mass is 10.3. The molecule has 5 heteroatoms. The summed E-state index contributed by atoms with van der Waals surface area (Å²) in [5, 5.41) is -0.314. The molecule has 0 aromatic carbocycles. The van der Waals surface area contributed by atoms with Gasteiger partial charge in [-0.3, -0.25) is 9.59 Å². The van der Waals surface area contributed by atoms with Crippen LogP contribution in [-0.2, 0) is 19.1 Å². The van der Waals surface area contributed by atoms with Crippen LogP contribution in [0.5, 0.6) is 0 Å². The van der Waals surface area contributed by atoms with Crippen molar-refractivity contribution in [3.05, 3.63) is 0 Å². The quantitative estimate of drug-likeness (QED) is 0.605. The molecule has 2 aliphatic rings. The van der Waals surface area contributed by atoms with E-state index in [2.05, 4.69) is 0 Å². The van der Waals surface area contributed by atoms with Gasteiger partial charge in [0.2, 0.25) is 0 Å². The third kappa shape index (κ3) is 1.80. The highest BCUT2D eigenvalue weighted by atomic mass is 32.2. The Balaban J connectivity index is 1.89. The van der Waals surface area contributed by atoms with Gasteiger partial charge in [-0.15, -0.1) is 11.8 Å². The molecule has 72 valence electrons. The van der Waals surface area contributed by atoms with Crippen molar-refractivity contribution in [1.82, 2.24) is 0 Å². The third-order valence-electron chi connectivity index (χ3n) is 2.10. The Morgan fingerprint density at radius 1 is 1.00 bits per heavy atom. The zero-order valence-electron chi connectivity index (χ0n) is 7.02. The zero-order chi connectivity index (χ0) is 9.26. The number of hydrogen-bond acceptors (Lipinski definition) is 5. The van der Waals surface area contributed by atoms with Crippen molar-refractivity contribution in [2.45, 2.75) is 23.3 Å². The van der Waals surface area contributed by atoms with Crippen molar-refractivity contribution in [3.63, 3.8) is 0 Å². The molecule has 2 rings (SSSR count). The molecule has 0 bridgehead atoms. The molecule has 0 saturated carbocycles. The van der Waals surface area contributed by atoms with Crippen molar-refractivity contribution in [3.8, 4) is 0 Å². The molecule has 2 heterocycles. The van der Waals surface area contributed by atoms with Crippen molar-refractivity contribution in [1.29, 1.82) is 0 Å². The minimum Gasteiger partial charge on any atom is -0.465 e. The van der Waals surface area contributed by atoms with Crippen LogP contribution in [0.1, 0.15) is 12.8 Å². The largest absolute Gasteiger partial charge is 0.465 e. The van der Waals surface area contributed by atoms with Crippen molar-refractivity contribution in [2.24, 2.45) is 0 Å². The normalized spacial score (nSPS) is 33.2. The van der Waals surface area contributed by atoms with E-state index in [1.807, 2.05) is 0 Å². The van der Waals surface area contributed by atoms with Crippen molar-refractivity contribution < 1.29 is 19.1 Å². The summed E-state index contributed by atoms with van der Waals surface area (Å²) in [5.41, 5.74) is 0. The van der Waals surface area contributed by atoms with E-state index in [9.17, 15) is 9.59 Å². The lowest BCUT2D eigenvalue weighted by molar-refractivity contribution is -0.137. The van der Waals surface area contributed by atoms with Crippen molar-refractivity contribution >= 4 is 23.7 Å². The van der Waals surface area contributed by atoms with E-state index < -0.39 is 0 Å². The predicted molar refractivity (Wildman–Crippen MR) is 46.3 cm³/mol. The first kappa shape index (κ1) is 8.87. The summed E-state index contributed by atoms with van der Waals surface area (Å²) in [4.78, 5) is 22.1. The molecular formula is C8H10O4S. The van der Waals surface area contributed by atoms with Gasteiger partial charge in [0.15, 0.2) is 0 Å². The molecule has 0 N–H and O–H groups in total. The molecule has 2 fully saturated rings. The maximum absolute atomic E-state index is 11.1. The van der Waals surface area contributed by atoms with E-state index >= 15 is 0 Å². The first-order valence-electron chi connectivity index (χ1n) is 4.26. The van der Waals surface area contributed by atoms with Crippen LogP contribution in [0.2, 0.25) is 0 Å². The molecule has 0 aromatic heterocycles. The summed E-state index contributed by atoms with van der Waals surface area (Å²) in [6.45, 7) is 0.969. The molecule has 0 aliphatic carbocycles. The van der Waals surface area contributed by atoms with Crippen LogP contribution >= 0.6 is 11.8 Å². The number of esters is 2. The number of ether oxygens (including phenoxy) is 2. The van der Waals surface area contributed by atoms with E-state index in [1.165, 1.54) is 11.8 Å². The van der Waals surface area contributed by atoms with E-state index in [4.69, 9.17) is 9.47 Å².